The highest BCUT2D eigenvalue weighted by molar-refractivity contribution is 7.91. The Bertz CT molecular complexity index is 820. The largest absolute Gasteiger partial charge is 0.508 e. The van der Waals surface area contributed by atoms with Crippen molar-refractivity contribution < 1.29 is 18.6 Å². The van der Waals surface area contributed by atoms with Crippen molar-refractivity contribution in [2.75, 3.05) is 0 Å². The number of hydrogen-bond donors (Lipinski definition) is 2. The highest BCUT2D eigenvalue weighted by Crippen LogP contribution is 2.37. The molecule has 0 aromatic heterocycles. The van der Waals surface area contributed by atoms with Crippen LogP contribution in [0.3, 0.4) is 0 Å². The van der Waals surface area contributed by atoms with Crippen LogP contribution in [0.25, 0.3) is 0 Å². The maximum absolute atomic E-state index is 14.1. The Morgan fingerprint density at radius 2 is 0.828 bits per heavy atom. The van der Waals surface area contributed by atoms with Crippen molar-refractivity contribution in [3.8, 4) is 11.5 Å². The molecule has 0 aliphatic rings. The van der Waals surface area contributed by atoms with Crippen LogP contribution < -0.4 is 0 Å². The SMILES string of the molecule is CCCc1cc(O)cc(CCC)c1S(=O)(=O)c1c(CCC)cc(O)cc1CCC. The summed E-state index contributed by atoms with van der Waals surface area (Å²) < 4.78 is 28.2. The van der Waals surface area contributed by atoms with E-state index in [0.717, 1.165) is 25.7 Å². The molecule has 160 valence electrons. The van der Waals surface area contributed by atoms with Gasteiger partial charge in [-0.3, -0.25) is 0 Å². The Hall–Kier alpha value is -2.01. The molecule has 2 aromatic carbocycles. The quantitative estimate of drug-likeness (QED) is 0.516. The summed E-state index contributed by atoms with van der Waals surface area (Å²) in [6.45, 7) is 8.02. The lowest BCUT2D eigenvalue weighted by Crippen LogP contribution is -2.14. The molecule has 0 aliphatic heterocycles. The van der Waals surface area contributed by atoms with E-state index in [9.17, 15) is 18.6 Å². The van der Waals surface area contributed by atoms with E-state index in [-0.39, 0.29) is 11.5 Å². The summed E-state index contributed by atoms with van der Waals surface area (Å²) in [6.07, 6.45) is 5.50. The van der Waals surface area contributed by atoms with Crippen molar-refractivity contribution in [2.24, 2.45) is 0 Å². The van der Waals surface area contributed by atoms with Gasteiger partial charge >= 0.3 is 0 Å². The fourth-order valence-corrected chi connectivity index (χ4v) is 6.31. The van der Waals surface area contributed by atoms with Crippen LogP contribution in [0.2, 0.25) is 0 Å². The third kappa shape index (κ3) is 5.13. The van der Waals surface area contributed by atoms with Gasteiger partial charge < -0.3 is 10.2 Å². The molecular weight excluding hydrogens is 384 g/mol. The van der Waals surface area contributed by atoms with Gasteiger partial charge in [-0.2, -0.15) is 0 Å². The molecule has 0 spiro atoms. The van der Waals surface area contributed by atoms with Gasteiger partial charge in [-0.05, 0) is 72.2 Å². The van der Waals surface area contributed by atoms with E-state index in [0.29, 0.717) is 57.7 Å². The van der Waals surface area contributed by atoms with Gasteiger partial charge in [0.15, 0.2) is 0 Å². The molecule has 2 rings (SSSR count). The summed E-state index contributed by atoms with van der Waals surface area (Å²) in [5.41, 5.74) is 2.70. The molecule has 0 bridgehead atoms. The molecule has 0 saturated carbocycles. The van der Waals surface area contributed by atoms with Gasteiger partial charge in [0.1, 0.15) is 11.5 Å². The van der Waals surface area contributed by atoms with Crippen LogP contribution >= 0.6 is 0 Å². The van der Waals surface area contributed by atoms with E-state index in [4.69, 9.17) is 0 Å². The van der Waals surface area contributed by atoms with Gasteiger partial charge in [-0.25, -0.2) is 8.42 Å². The third-order valence-corrected chi connectivity index (χ3v) is 7.19. The maximum atomic E-state index is 14.1. The molecular formula is C24H34O4S. The minimum absolute atomic E-state index is 0.115. The van der Waals surface area contributed by atoms with Crippen LogP contribution in [-0.2, 0) is 35.5 Å². The molecule has 0 atom stereocenters. The molecule has 2 aromatic rings. The summed E-state index contributed by atoms with van der Waals surface area (Å²) in [6, 6.07) is 6.37. The number of benzene rings is 2. The lowest BCUT2D eigenvalue weighted by atomic mass is 10.0. The molecule has 5 heteroatoms. The fourth-order valence-electron chi connectivity index (χ4n) is 4.08. The zero-order chi connectivity index (χ0) is 21.6. The van der Waals surface area contributed by atoms with Crippen molar-refractivity contribution >= 4 is 9.84 Å². The summed E-state index contributed by atoms with van der Waals surface area (Å²) in [7, 11) is -3.81. The lowest BCUT2D eigenvalue weighted by molar-refractivity contribution is 0.472. The maximum Gasteiger partial charge on any atom is 0.207 e. The minimum Gasteiger partial charge on any atom is -0.508 e. The van der Waals surface area contributed by atoms with Crippen LogP contribution in [0.4, 0.5) is 0 Å². The summed E-state index contributed by atoms with van der Waals surface area (Å²) in [5.74, 6) is 0.230. The Morgan fingerprint density at radius 1 is 0.586 bits per heavy atom. The average molecular weight is 419 g/mol. The van der Waals surface area contributed by atoms with Crippen molar-refractivity contribution in [1.82, 2.24) is 0 Å². The molecule has 2 N–H and O–H groups in total. The zero-order valence-corrected chi connectivity index (χ0v) is 18.9. The molecule has 0 fully saturated rings. The number of aromatic hydroxyl groups is 2. The van der Waals surface area contributed by atoms with Crippen LogP contribution in [0, 0.1) is 0 Å². The highest BCUT2D eigenvalue weighted by Gasteiger charge is 2.30. The fraction of sp³-hybridized carbons (Fsp3) is 0.500. The summed E-state index contributed by atoms with van der Waals surface area (Å²) in [4.78, 5) is 0.693. The topological polar surface area (TPSA) is 74.6 Å². The minimum atomic E-state index is -3.81. The lowest BCUT2D eigenvalue weighted by Gasteiger charge is -2.20. The summed E-state index contributed by atoms with van der Waals surface area (Å²) >= 11 is 0. The second-order valence-corrected chi connectivity index (χ2v) is 9.51. The molecule has 4 nitrogen and oxygen atoms in total. The van der Waals surface area contributed by atoms with Gasteiger partial charge in [-0.15, -0.1) is 0 Å². The van der Waals surface area contributed by atoms with Gasteiger partial charge in [0.2, 0.25) is 9.84 Å². The van der Waals surface area contributed by atoms with Gasteiger partial charge in [0.25, 0.3) is 0 Å². The molecule has 0 radical (unpaired) electrons. The molecule has 0 heterocycles. The third-order valence-electron chi connectivity index (χ3n) is 5.07. The Labute approximate surface area is 175 Å². The van der Waals surface area contributed by atoms with Crippen LogP contribution in [-0.4, -0.2) is 18.6 Å². The van der Waals surface area contributed by atoms with Crippen molar-refractivity contribution in [1.29, 1.82) is 0 Å². The number of rotatable bonds is 10. The normalized spacial score (nSPS) is 11.7. The number of aryl methyl sites for hydroxylation is 4. The Kier molecular flexibility index (Phi) is 8.14. The first kappa shape index (κ1) is 23.3. The Balaban J connectivity index is 2.89. The second kappa shape index (κ2) is 10.1. The van der Waals surface area contributed by atoms with E-state index >= 15 is 0 Å². The number of hydrogen-bond acceptors (Lipinski definition) is 4. The highest BCUT2D eigenvalue weighted by atomic mass is 32.2. The van der Waals surface area contributed by atoms with Gasteiger partial charge in [0, 0.05) is 0 Å². The van der Waals surface area contributed by atoms with Crippen molar-refractivity contribution in [3.63, 3.8) is 0 Å². The van der Waals surface area contributed by atoms with Gasteiger partial charge in [-0.1, -0.05) is 53.4 Å². The first-order valence-electron chi connectivity index (χ1n) is 10.7. The molecule has 0 unspecified atom stereocenters. The van der Waals surface area contributed by atoms with E-state index in [1.165, 1.54) is 0 Å². The summed E-state index contributed by atoms with van der Waals surface area (Å²) in [5, 5.41) is 20.4. The van der Waals surface area contributed by atoms with Crippen LogP contribution in [0.1, 0.15) is 75.6 Å². The van der Waals surface area contributed by atoms with E-state index in [2.05, 4.69) is 0 Å². The standard InChI is InChI=1S/C24H34O4S/c1-5-9-17-13-21(25)14-18(10-6-2)23(17)29(27,28)24-19(11-7-3)15-22(26)16-20(24)12-8-4/h13-16,25-26H,5-12H2,1-4H3. The number of phenolic OH excluding ortho intramolecular Hbond substituents is 2. The predicted octanol–water partition coefficient (Wildman–Crippen LogP) is 5.74. The zero-order valence-electron chi connectivity index (χ0n) is 18.1. The Morgan fingerprint density at radius 3 is 1.03 bits per heavy atom. The monoisotopic (exact) mass is 418 g/mol. The molecule has 0 aliphatic carbocycles. The van der Waals surface area contributed by atoms with Crippen molar-refractivity contribution in [3.05, 3.63) is 46.5 Å². The first-order chi connectivity index (χ1) is 13.8. The van der Waals surface area contributed by atoms with Crippen LogP contribution in [0.15, 0.2) is 34.1 Å². The smallest absolute Gasteiger partial charge is 0.207 e. The van der Waals surface area contributed by atoms with Crippen molar-refractivity contribution in [2.45, 2.75) is 88.9 Å². The van der Waals surface area contributed by atoms with E-state index in [1.54, 1.807) is 24.3 Å². The molecule has 0 amide bonds. The van der Waals surface area contributed by atoms with E-state index in [1.807, 2.05) is 27.7 Å². The molecule has 29 heavy (non-hydrogen) atoms. The first-order valence-corrected chi connectivity index (χ1v) is 12.2. The van der Waals surface area contributed by atoms with Crippen LogP contribution in [0.5, 0.6) is 11.5 Å². The number of phenols is 2. The molecule has 0 saturated heterocycles. The predicted molar refractivity (Wildman–Crippen MR) is 118 cm³/mol. The second-order valence-electron chi connectivity index (χ2n) is 7.69. The average Bonchev–Trinajstić information content (AvgIpc) is 2.61. The van der Waals surface area contributed by atoms with E-state index < -0.39 is 9.84 Å². The van der Waals surface area contributed by atoms with Gasteiger partial charge in [0.05, 0.1) is 9.79 Å². The number of sulfone groups is 1.